The smallest absolute Gasteiger partial charge is 0.356 e. The molecule has 0 saturated carbocycles. The zero-order valence-corrected chi connectivity index (χ0v) is 21.1. The molecule has 10 heteroatoms. The van der Waals surface area contributed by atoms with E-state index in [4.69, 9.17) is 0 Å². The van der Waals surface area contributed by atoms with Gasteiger partial charge in [-0.1, -0.05) is 20.8 Å². The van der Waals surface area contributed by atoms with Crippen molar-refractivity contribution in [2.24, 2.45) is 5.41 Å². The Kier molecular flexibility index (Phi) is 6.63. The van der Waals surface area contributed by atoms with E-state index < -0.39 is 11.7 Å². The summed E-state index contributed by atoms with van der Waals surface area (Å²) in [6, 6.07) is 0.0171. The van der Waals surface area contributed by atoms with Crippen LogP contribution in [0.1, 0.15) is 75.5 Å². The van der Waals surface area contributed by atoms with E-state index in [0.717, 1.165) is 19.0 Å². The van der Waals surface area contributed by atoms with Gasteiger partial charge in [-0.2, -0.15) is 13.2 Å². The number of H-pyrrole nitrogens is 1. The first-order valence-electron chi connectivity index (χ1n) is 12.2. The summed E-state index contributed by atoms with van der Waals surface area (Å²) in [6.07, 6.45) is 0.645. The average molecular weight is 493 g/mol. The van der Waals surface area contributed by atoms with Crippen LogP contribution in [-0.4, -0.2) is 57.0 Å². The largest absolute Gasteiger partial charge is 0.419 e. The standard InChI is InChI=1S/C25H35F3N6O/c1-23(2,3)14-34-10-6-7-16-17(12-29-20(16)21(34)35)19-18(25(26,27)28)13-30-22(33-19)32-15-8-9-24(4,5)31-11-15/h12-13,15,29,31H,6-11,14H2,1-5H3,(H,30,32,33). The van der Waals surface area contributed by atoms with Crippen LogP contribution in [0.25, 0.3) is 11.3 Å². The Morgan fingerprint density at radius 3 is 2.63 bits per heavy atom. The SMILES string of the molecule is CC(C)(C)CN1CCCc2c(-c3nc(NC4CCC(C)(C)NC4)ncc3C(F)(F)F)c[nH]c2C1=O. The lowest BCUT2D eigenvalue weighted by Gasteiger charge is -2.36. The van der Waals surface area contributed by atoms with Crippen LogP contribution in [-0.2, 0) is 12.6 Å². The van der Waals surface area contributed by atoms with Crippen LogP contribution in [0.3, 0.4) is 0 Å². The third-order valence-corrected chi connectivity index (χ3v) is 6.64. The second kappa shape index (κ2) is 9.11. The predicted octanol–water partition coefficient (Wildman–Crippen LogP) is 4.87. The Morgan fingerprint density at radius 1 is 1.26 bits per heavy atom. The van der Waals surface area contributed by atoms with Gasteiger partial charge in [0.2, 0.25) is 5.95 Å². The van der Waals surface area contributed by atoms with E-state index in [2.05, 4.69) is 60.2 Å². The minimum Gasteiger partial charge on any atom is -0.356 e. The molecule has 1 unspecified atom stereocenters. The van der Waals surface area contributed by atoms with Crippen LogP contribution in [0.5, 0.6) is 0 Å². The number of hydrogen-bond acceptors (Lipinski definition) is 5. The molecule has 1 saturated heterocycles. The van der Waals surface area contributed by atoms with E-state index in [1.807, 2.05) is 0 Å². The van der Waals surface area contributed by atoms with Gasteiger partial charge in [-0.3, -0.25) is 4.79 Å². The number of amides is 1. The third kappa shape index (κ3) is 5.79. The van der Waals surface area contributed by atoms with Crippen molar-refractivity contribution in [3.8, 4) is 11.3 Å². The van der Waals surface area contributed by atoms with Crippen molar-refractivity contribution >= 4 is 11.9 Å². The molecule has 192 valence electrons. The summed E-state index contributed by atoms with van der Waals surface area (Å²) in [5.41, 5.74) is 0.0799. The van der Waals surface area contributed by atoms with Gasteiger partial charge in [-0.15, -0.1) is 0 Å². The van der Waals surface area contributed by atoms with Crippen molar-refractivity contribution in [2.45, 2.75) is 78.1 Å². The fraction of sp³-hybridized carbons (Fsp3) is 0.640. The van der Waals surface area contributed by atoms with Gasteiger partial charge in [-0.25, -0.2) is 9.97 Å². The number of piperidine rings is 1. The Bertz CT molecular complexity index is 1080. The molecule has 35 heavy (non-hydrogen) atoms. The zero-order chi connectivity index (χ0) is 25.6. The van der Waals surface area contributed by atoms with Crippen LogP contribution in [0, 0.1) is 5.41 Å². The van der Waals surface area contributed by atoms with Crippen LogP contribution in [0.15, 0.2) is 12.4 Å². The van der Waals surface area contributed by atoms with E-state index in [1.54, 1.807) is 4.90 Å². The number of halogens is 3. The number of aromatic nitrogens is 3. The van der Waals surface area contributed by atoms with Crippen molar-refractivity contribution in [3.05, 3.63) is 29.2 Å². The van der Waals surface area contributed by atoms with Crippen molar-refractivity contribution in [1.29, 1.82) is 0 Å². The van der Waals surface area contributed by atoms with Crippen LogP contribution in [0.2, 0.25) is 0 Å². The van der Waals surface area contributed by atoms with E-state index in [1.165, 1.54) is 6.20 Å². The van der Waals surface area contributed by atoms with Crippen molar-refractivity contribution in [2.75, 3.05) is 25.0 Å². The normalized spacial score (nSPS) is 21.0. The van der Waals surface area contributed by atoms with Crippen molar-refractivity contribution in [3.63, 3.8) is 0 Å². The quantitative estimate of drug-likeness (QED) is 0.567. The van der Waals surface area contributed by atoms with Crippen LogP contribution in [0.4, 0.5) is 19.1 Å². The number of aromatic amines is 1. The van der Waals surface area contributed by atoms with Crippen LogP contribution >= 0.6 is 0 Å². The fourth-order valence-electron chi connectivity index (χ4n) is 4.84. The summed E-state index contributed by atoms with van der Waals surface area (Å²) in [6.45, 7) is 12.2. The molecular weight excluding hydrogens is 457 g/mol. The molecule has 4 rings (SSSR count). The lowest BCUT2D eigenvalue weighted by molar-refractivity contribution is -0.137. The molecule has 3 N–H and O–H groups in total. The van der Waals surface area contributed by atoms with Gasteiger partial charge in [-0.05, 0) is 50.5 Å². The maximum absolute atomic E-state index is 14.0. The number of anilines is 1. The first-order valence-corrected chi connectivity index (χ1v) is 12.2. The molecule has 0 radical (unpaired) electrons. The number of nitrogens with zero attached hydrogens (tertiary/aromatic N) is 3. The van der Waals surface area contributed by atoms with E-state index >= 15 is 0 Å². The average Bonchev–Trinajstić information content (AvgIpc) is 3.10. The van der Waals surface area contributed by atoms with Crippen molar-refractivity contribution < 1.29 is 18.0 Å². The van der Waals surface area contributed by atoms with Gasteiger partial charge in [0.1, 0.15) is 11.3 Å². The highest BCUT2D eigenvalue weighted by Crippen LogP contribution is 2.39. The van der Waals surface area contributed by atoms with Gasteiger partial charge >= 0.3 is 6.18 Å². The second-order valence-corrected chi connectivity index (χ2v) is 11.5. The molecule has 0 bridgehead atoms. The van der Waals surface area contributed by atoms with E-state index in [9.17, 15) is 18.0 Å². The molecule has 1 fully saturated rings. The summed E-state index contributed by atoms with van der Waals surface area (Å²) in [5.74, 6) is -0.0284. The summed E-state index contributed by atoms with van der Waals surface area (Å²) in [5, 5.41) is 6.63. The first kappa shape index (κ1) is 25.5. The third-order valence-electron chi connectivity index (χ3n) is 6.64. The molecule has 4 heterocycles. The maximum Gasteiger partial charge on any atom is 0.419 e. The Hall–Kier alpha value is -2.62. The Morgan fingerprint density at radius 2 is 2.00 bits per heavy atom. The van der Waals surface area contributed by atoms with Gasteiger partial charge < -0.3 is 20.5 Å². The molecule has 0 aromatic carbocycles. The van der Waals surface area contributed by atoms with Gasteiger partial charge in [0, 0.05) is 49.2 Å². The predicted molar refractivity (Wildman–Crippen MR) is 129 cm³/mol. The fourth-order valence-corrected chi connectivity index (χ4v) is 4.84. The summed E-state index contributed by atoms with van der Waals surface area (Å²) >= 11 is 0. The van der Waals surface area contributed by atoms with E-state index in [0.29, 0.717) is 49.3 Å². The number of nitrogens with one attached hydrogen (secondary N) is 3. The Labute approximate surface area is 204 Å². The minimum absolute atomic E-state index is 0.0171. The summed E-state index contributed by atoms with van der Waals surface area (Å²) < 4.78 is 41.9. The summed E-state index contributed by atoms with van der Waals surface area (Å²) in [7, 11) is 0. The lowest BCUT2D eigenvalue weighted by Crippen LogP contribution is -2.50. The van der Waals surface area contributed by atoms with Crippen molar-refractivity contribution in [1.82, 2.24) is 25.2 Å². The molecule has 2 aliphatic rings. The molecule has 2 aromatic rings. The van der Waals surface area contributed by atoms with E-state index in [-0.39, 0.29) is 34.5 Å². The van der Waals surface area contributed by atoms with Crippen LogP contribution < -0.4 is 10.6 Å². The number of alkyl halides is 3. The number of fused-ring (bicyclic) bond motifs is 1. The molecule has 7 nitrogen and oxygen atoms in total. The zero-order valence-electron chi connectivity index (χ0n) is 21.1. The molecule has 2 aromatic heterocycles. The Balaban J connectivity index is 1.68. The molecule has 1 atom stereocenters. The highest BCUT2D eigenvalue weighted by atomic mass is 19.4. The highest BCUT2D eigenvalue weighted by molar-refractivity contribution is 5.96. The second-order valence-electron chi connectivity index (χ2n) is 11.5. The minimum atomic E-state index is -4.62. The number of rotatable bonds is 4. The van der Waals surface area contributed by atoms with Gasteiger partial charge in [0.05, 0.1) is 5.69 Å². The molecule has 0 aliphatic carbocycles. The number of carbonyl (C=O) groups excluding carboxylic acids is 1. The monoisotopic (exact) mass is 492 g/mol. The summed E-state index contributed by atoms with van der Waals surface area (Å²) in [4.78, 5) is 26.3. The maximum atomic E-state index is 14.0. The highest BCUT2D eigenvalue weighted by Gasteiger charge is 2.38. The molecule has 0 spiro atoms. The number of carbonyl (C=O) groups is 1. The molecular formula is C25H35F3N6O. The molecule has 2 aliphatic heterocycles. The topological polar surface area (TPSA) is 85.9 Å². The molecule has 1 amide bonds. The van der Waals surface area contributed by atoms with Gasteiger partial charge in [0.15, 0.2) is 0 Å². The lowest BCUT2D eigenvalue weighted by atomic mass is 9.91. The van der Waals surface area contributed by atoms with Gasteiger partial charge in [0.25, 0.3) is 5.91 Å². The number of hydrogen-bond donors (Lipinski definition) is 3. The first-order chi connectivity index (χ1) is 16.2.